The third-order valence-corrected chi connectivity index (χ3v) is 11.7. The van der Waals surface area contributed by atoms with E-state index in [-0.39, 0.29) is 35.3 Å². The van der Waals surface area contributed by atoms with Gasteiger partial charge >= 0.3 is 12.1 Å². The summed E-state index contributed by atoms with van der Waals surface area (Å²) in [6, 6.07) is 5.43. The van der Waals surface area contributed by atoms with Crippen LogP contribution in [0.1, 0.15) is 114 Å². The van der Waals surface area contributed by atoms with Crippen molar-refractivity contribution in [1.29, 1.82) is 0 Å². The van der Waals surface area contributed by atoms with Crippen molar-refractivity contribution in [3.63, 3.8) is 0 Å². The zero-order chi connectivity index (χ0) is 30.7. The van der Waals surface area contributed by atoms with Gasteiger partial charge in [-0.1, -0.05) is 58.1 Å². The lowest BCUT2D eigenvalue weighted by Gasteiger charge is -2.53. The zero-order valence-corrected chi connectivity index (χ0v) is 25.5. The van der Waals surface area contributed by atoms with Crippen LogP contribution in [-0.2, 0) is 0 Å². The monoisotopic (exact) mass is 618 g/mol. The van der Waals surface area contributed by atoms with Crippen LogP contribution in [0.25, 0.3) is 0 Å². The van der Waals surface area contributed by atoms with Gasteiger partial charge in [0, 0.05) is 6.42 Å². The number of alkyl halides is 5. The molecule has 2 saturated carbocycles. The average molecular weight is 619 g/mol. The van der Waals surface area contributed by atoms with Gasteiger partial charge in [0.1, 0.15) is 5.75 Å². The van der Waals surface area contributed by atoms with Crippen molar-refractivity contribution < 1.29 is 37.3 Å². The zero-order valence-electron chi connectivity index (χ0n) is 24.6. The highest BCUT2D eigenvalue weighted by Crippen LogP contribution is 2.65. The van der Waals surface area contributed by atoms with Crippen molar-refractivity contribution in [2.75, 3.05) is 11.5 Å². The maximum absolute atomic E-state index is 12.9. The Labute approximate surface area is 251 Å². The van der Waals surface area contributed by atoms with E-state index >= 15 is 0 Å². The largest absolute Gasteiger partial charge is 0.508 e. The van der Waals surface area contributed by atoms with Gasteiger partial charge < -0.3 is 15.3 Å². The summed E-state index contributed by atoms with van der Waals surface area (Å²) in [6.07, 6.45) is 2.95. The molecule has 0 aliphatic heterocycles. The van der Waals surface area contributed by atoms with Gasteiger partial charge in [-0.25, -0.2) is 0 Å². The van der Waals surface area contributed by atoms with E-state index in [1.54, 1.807) is 12.1 Å². The van der Waals surface area contributed by atoms with Gasteiger partial charge in [0.15, 0.2) is 0 Å². The minimum absolute atomic E-state index is 0.0696. The molecule has 3 aliphatic rings. The molecule has 0 unspecified atom stereocenters. The maximum atomic E-state index is 12.9. The first-order valence-electron chi connectivity index (χ1n) is 15.7. The molecule has 4 rings (SSSR count). The Balaban J connectivity index is 1.19. The lowest BCUT2D eigenvalue weighted by molar-refractivity contribution is -0.284. The molecule has 9 heteroatoms. The number of aliphatic hydroxyl groups is 2. The summed E-state index contributed by atoms with van der Waals surface area (Å²) in [6.45, 7) is 6.51. The lowest BCUT2D eigenvalue weighted by atomic mass is 9.51. The molecule has 7 atom stereocenters. The minimum atomic E-state index is -5.46. The second-order valence-electron chi connectivity index (χ2n) is 13.1. The second kappa shape index (κ2) is 13.8. The fraction of sp³-hybridized carbons (Fsp3) is 0.758. The number of aliphatic hydroxyl groups excluding tert-OH is 2. The van der Waals surface area contributed by atoms with E-state index in [0.29, 0.717) is 18.1 Å². The highest BCUT2D eigenvalue weighted by molar-refractivity contribution is 7.99. The van der Waals surface area contributed by atoms with Gasteiger partial charge in [-0.15, -0.1) is 0 Å². The summed E-state index contributed by atoms with van der Waals surface area (Å²) < 4.78 is 62.5. The molecular weight excluding hydrogens is 571 g/mol. The number of thioether (sulfide) groups is 1. The number of benzene rings is 1. The molecule has 3 N–H and O–H groups in total. The molecule has 0 saturated heterocycles. The first-order chi connectivity index (χ1) is 19.8. The predicted octanol–water partition coefficient (Wildman–Crippen LogP) is 9.32. The normalized spacial score (nSPS) is 31.1. The Kier molecular flexibility index (Phi) is 11.0. The molecule has 0 amide bonds. The Morgan fingerprint density at radius 3 is 2.26 bits per heavy atom. The quantitative estimate of drug-likeness (QED) is 0.110. The van der Waals surface area contributed by atoms with Crippen LogP contribution in [0.15, 0.2) is 30.4 Å². The highest BCUT2D eigenvalue weighted by atomic mass is 32.2. The standard InChI is InChI=1S/C33H47F5O3S/c1-21-28(40)20-27-29-24(14-16-31(21,27)2)23-13-12-22(39)19-26(23)30(41)25(29)11-8-6-4-3-5-7-9-17-42-18-10-15-32(34,35)33(36,37)38/h12-13,19,24-25,27-30,39-41H,1,3-11,14-18,20H2,2H3/t24-,25+,27+,28-,29+,30+,31-/m1/s1. The number of rotatable bonds is 14. The fourth-order valence-electron chi connectivity index (χ4n) is 8.13. The van der Waals surface area contributed by atoms with Crippen molar-refractivity contribution in [2.45, 2.75) is 121 Å². The Hall–Kier alpha value is -1.32. The topological polar surface area (TPSA) is 60.7 Å². The molecular formula is C33H47F5O3S. The smallest absolute Gasteiger partial charge is 0.453 e. The molecule has 0 aromatic heterocycles. The van der Waals surface area contributed by atoms with Gasteiger partial charge in [0.05, 0.1) is 12.2 Å². The lowest BCUT2D eigenvalue weighted by Crippen LogP contribution is -2.45. The summed E-state index contributed by atoms with van der Waals surface area (Å²) in [4.78, 5) is 0. The molecule has 3 nitrogen and oxygen atoms in total. The van der Waals surface area contributed by atoms with E-state index in [0.717, 1.165) is 86.7 Å². The van der Waals surface area contributed by atoms with Gasteiger partial charge in [-0.3, -0.25) is 0 Å². The average Bonchev–Trinajstić information content (AvgIpc) is 3.16. The molecule has 2 fully saturated rings. The van der Waals surface area contributed by atoms with E-state index < -0.39 is 30.7 Å². The summed E-state index contributed by atoms with van der Waals surface area (Å²) in [5.74, 6) is -2.40. The van der Waals surface area contributed by atoms with Crippen LogP contribution in [0.4, 0.5) is 22.0 Å². The molecule has 42 heavy (non-hydrogen) atoms. The maximum Gasteiger partial charge on any atom is 0.453 e. The second-order valence-corrected chi connectivity index (χ2v) is 14.4. The van der Waals surface area contributed by atoms with Gasteiger partial charge in [0.25, 0.3) is 0 Å². The molecule has 0 heterocycles. The molecule has 238 valence electrons. The summed E-state index contributed by atoms with van der Waals surface area (Å²) in [7, 11) is 0. The van der Waals surface area contributed by atoms with E-state index in [2.05, 4.69) is 13.5 Å². The van der Waals surface area contributed by atoms with E-state index in [4.69, 9.17) is 0 Å². The van der Waals surface area contributed by atoms with E-state index in [1.165, 1.54) is 11.8 Å². The first kappa shape index (κ1) is 33.6. The van der Waals surface area contributed by atoms with Crippen molar-refractivity contribution in [2.24, 2.45) is 23.2 Å². The van der Waals surface area contributed by atoms with Crippen LogP contribution in [0.3, 0.4) is 0 Å². The third-order valence-electron chi connectivity index (χ3n) is 10.5. The van der Waals surface area contributed by atoms with Crippen LogP contribution in [-0.4, -0.2) is 45.0 Å². The van der Waals surface area contributed by atoms with Gasteiger partial charge in [-0.2, -0.15) is 33.7 Å². The fourth-order valence-corrected chi connectivity index (χ4v) is 9.09. The number of hydrogen-bond donors (Lipinski definition) is 3. The Morgan fingerprint density at radius 2 is 1.57 bits per heavy atom. The van der Waals surface area contributed by atoms with Crippen molar-refractivity contribution in [3.8, 4) is 5.75 Å². The number of unbranched alkanes of at least 4 members (excludes halogenated alkanes) is 6. The molecule has 1 aromatic carbocycles. The SMILES string of the molecule is C=C1[C@H](O)C[C@H]2[C@@H]3[C@H](CCCCCCCCCSCCCC(F)(F)C(F)(F)F)[C@H](O)c4cc(O)ccc4[C@H]3CC[C@]12C. The summed E-state index contributed by atoms with van der Waals surface area (Å²) in [5.41, 5.74) is 2.83. The molecule has 0 bridgehead atoms. The molecule has 1 aromatic rings. The third kappa shape index (κ3) is 7.14. The molecule has 3 aliphatic carbocycles. The molecule has 0 spiro atoms. The van der Waals surface area contributed by atoms with Gasteiger partial charge in [0.2, 0.25) is 0 Å². The van der Waals surface area contributed by atoms with Crippen LogP contribution in [0, 0.1) is 23.2 Å². The molecule has 0 radical (unpaired) electrons. The van der Waals surface area contributed by atoms with Crippen LogP contribution < -0.4 is 0 Å². The predicted molar refractivity (Wildman–Crippen MR) is 158 cm³/mol. The number of aromatic hydroxyl groups is 1. The first-order valence-corrected chi connectivity index (χ1v) is 16.8. The Morgan fingerprint density at radius 1 is 0.929 bits per heavy atom. The summed E-state index contributed by atoms with van der Waals surface area (Å²) >= 11 is 1.44. The number of fused-ring (bicyclic) bond motifs is 5. The van der Waals surface area contributed by atoms with E-state index in [9.17, 15) is 37.3 Å². The summed E-state index contributed by atoms with van der Waals surface area (Å²) in [5, 5.41) is 32.5. The highest BCUT2D eigenvalue weighted by Gasteiger charge is 2.58. The van der Waals surface area contributed by atoms with Crippen LogP contribution in [0.5, 0.6) is 5.75 Å². The minimum Gasteiger partial charge on any atom is -0.508 e. The number of phenols is 1. The number of phenolic OH excluding ortho intramolecular Hbond substituents is 1. The Bertz CT molecular complexity index is 1060. The van der Waals surface area contributed by atoms with Crippen molar-refractivity contribution in [1.82, 2.24) is 0 Å². The number of hydrogen-bond acceptors (Lipinski definition) is 4. The van der Waals surface area contributed by atoms with Crippen molar-refractivity contribution in [3.05, 3.63) is 41.5 Å². The van der Waals surface area contributed by atoms with E-state index in [1.807, 2.05) is 6.07 Å². The van der Waals surface area contributed by atoms with Crippen LogP contribution in [0.2, 0.25) is 0 Å². The number of halogens is 5. The van der Waals surface area contributed by atoms with Gasteiger partial charge in [-0.05, 0) is 108 Å². The van der Waals surface area contributed by atoms with Crippen molar-refractivity contribution >= 4 is 11.8 Å². The van der Waals surface area contributed by atoms with Crippen LogP contribution >= 0.6 is 11.8 Å².